The molecule has 118 valence electrons. The number of rotatable bonds is 2. The molecule has 1 amide bonds. The first-order valence-electron chi connectivity index (χ1n) is 7.02. The number of aromatic nitrogens is 1. The molecule has 2 N–H and O–H groups in total. The van der Waals surface area contributed by atoms with E-state index in [0.717, 1.165) is 18.2 Å². The van der Waals surface area contributed by atoms with Crippen LogP contribution < -0.4 is 0 Å². The van der Waals surface area contributed by atoms with Gasteiger partial charge in [0.15, 0.2) is 0 Å². The highest BCUT2D eigenvalue weighted by Gasteiger charge is 2.37. The molecule has 2 heterocycles. The van der Waals surface area contributed by atoms with Gasteiger partial charge < -0.3 is 15.0 Å². The van der Waals surface area contributed by atoms with Crippen LogP contribution in [0.4, 0.5) is 8.78 Å². The van der Waals surface area contributed by atoms with Gasteiger partial charge in [-0.2, -0.15) is 5.26 Å². The number of nitriles is 1. The van der Waals surface area contributed by atoms with Crippen molar-refractivity contribution < 1.29 is 18.7 Å². The highest BCUT2D eigenvalue weighted by molar-refractivity contribution is 5.93. The smallest absolute Gasteiger partial charge is 0.270 e. The minimum atomic E-state index is -0.822. The minimum absolute atomic E-state index is 0.0142. The molecule has 0 bridgehead atoms. The number of carbonyl (C=O) groups is 1. The fourth-order valence-electron chi connectivity index (χ4n) is 2.84. The molecule has 1 saturated heterocycles. The SMILES string of the molecule is N#Cc1c[nH]c(C(=O)N2C[C@H](O)C[C@H]2c2cc(F)ccc2F)c1. The van der Waals surface area contributed by atoms with Crippen LogP contribution in [0.25, 0.3) is 0 Å². The molecule has 23 heavy (non-hydrogen) atoms. The Morgan fingerprint density at radius 3 is 2.87 bits per heavy atom. The fourth-order valence-corrected chi connectivity index (χ4v) is 2.84. The third kappa shape index (κ3) is 2.81. The summed E-state index contributed by atoms with van der Waals surface area (Å²) in [6.07, 6.45) is 0.687. The van der Waals surface area contributed by atoms with Gasteiger partial charge in [0.1, 0.15) is 23.4 Å². The van der Waals surface area contributed by atoms with E-state index in [1.165, 1.54) is 17.2 Å². The summed E-state index contributed by atoms with van der Waals surface area (Å²) in [6.45, 7) is 0.0142. The van der Waals surface area contributed by atoms with Crippen molar-refractivity contribution in [2.45, 2.75) is 18.6 Å². The van der Waals surface area contributed by atoms with E-state index in [2.05, 4.69) is 4.98 Å². The average molecular weight is 317 g/mol. The summed E-state index contributed by atoms with van der Waals surface area (Å²) in [7, 11) is 0. The topological polar surface area (TPSA) is 80.1 Å². The van der Waals surface area contributed by atoms with Gasteiger partial charge >= 0.3 is 0 Å². The van der Waals surface area contributed by atoms with Crippen molar-refractivity contribution in [1.29, 1.82) is 5.26 Å². The Morgan fingerprint density at radius 2 is 2.17 bits per heavy atom. The molecule has 1 aliphatic heterocycles. The molecule has 0 saturated carbocycles. The Labute approximate surface area is 130 Å². The third-order valence-electron chi connectivity index (χ3n) is 3.90. The Hall–Kier alpha value is -2.72. The first kappa shape index (κ1) is 15.2. The minimum Gasteiger partial charge on any atom is -0.391 e. The number of amides is 1. The highest BCUT2D eigenvalue weighted by atomic mass is 19.1. The summed E-state index contributed by atoms with van der Waals surface area (Å²) >= 11 is 0. The lowest BCUT2D eigenvalue weighted by atomic mass is 10.0. The zero-order chi connectivity index (χ0) is 16.6. The van der Waals surface area contributed by atoms with Crippen LogP contribution in [0.3, 0.4) is 0 Å². The van der Waals surface area contributed by atoms with E-state index in [9.17, 15) is 18.7 Å². The molecule has 1 aromatic heterocycles. The van der Waals surface area contributed by atoms with Crippen LogP contribution in [-0.2, 0) is 0 Å². The Bertz CT molecular complexity index is 797. The average Bonchev–Trinajstić information content (AvgIpc) is 3.15. The summed E-state index contributed by atoms with van der Waals surface area (Å²) in [4.78, 5) is 16.5. The van der Waals surface area contributed by atoms with Crippen molar-refractivity contribution in [3.63, 3.8) is 0 Å². The molecule has 2 aromatic rings. The van der Waals surface area contributed by atoms with Crippen LogP contribution in [0, 0.1) is 23.0 Å². The number of hydrogen-bond donors (Lipinski definition) is 2. The molecular formula is C16H13F2N3O2. The molecular weight excluding hydrogens is 304 g/mol. The van der Waals surface area contributed by atoms with Gasteiger partial charge in [-0.1, -0.05) is 0 Å². The van der Waals surface area contributed by atoms with Crippen molar-refractivity contribution >= 4 is 5.91 Å². The number of hydrogen-bond acceptors (Lipinski definition) is 3. The number of aliphatic hydroxyl groups excluding tert-OH is 1. The van der Waals surface area contributed by atoms with Gasteiger partial charge in [0.05, 0.1) is 17.7 Å². The molecule has 0 aliphatic carbocycles. The van der Waals surface area contributed by atoms with Crippen molar-refractivity contribution in [2.75, 3.05) is 6.54 Å². The summed E-state index contributed by atoms with van der Waals surface area (Å²) in [6, 6.07) is 5.56. The molecule has 1 aromatic carbocycles. The van der Waals surface area contributed by atoms with Gasteiger partial charge in [-0.05, 0) is 30.7 Å². The predicted octanol–water partition coefficient (Wildman–Crippen LogP) is 2.11. The lowest BCUT2D eigenvalue weighted by Gasteiger charge is -2.24. The van der Waals surface area contributed by atoms with Crippen molar-refractivity contribution in [3.05, 3.63) is 58.9 Å². The first-order valence-corrected chi connectivity index (χ1v) is 7.02. The number of likely N-dealkylation sites (tertiary alicyclic amines) is 1. The Balaban J connectivity index is 1.95. The van der Waals surface area contributed by atoms with E-state index >= 15 is 0 Å². The third-order valence-corrected chi connectivity index (χ3v) is 3.90. The highest BCUT2D eigenvalue weighted by Crippen LogP contribution is 2.35. The number of aromatic amines is 1. The van der Waals surface area contributed by atoms with Crippen LogP contribution >= 0.6 is 0 Å². The number of halogens is 2. The molecule has 0 radical (unpaired) electrons. The maximum Gasteiger partial charge on any atom is 0.270 e. The number of H-pyrrole nitrogens is 1. The van der Waals surface area contributed by atoms with Crippen LogP contribution in [0.1, 0.15) is 34.1 Å². The van der Waals surface area contributed by atoms with Crippen molar-refractivity contribution in [1.82, 2.24) is 9.88 Å². The van der Waals surface area contributed by atoms with Gasteiger partial charge in [0.2, 0.25) is 0 Å². The van der Waals surface area contributed by atoms with Gasteiger partial charge in [0, 0.05) is 18.3 Å². The number of carbonyl (C=O) groups excluding carboxylic acids is 1. The number of nitrogens with zero attached hydrogens (tertiary/aromatic N) is 2. The summed E-state index contributed by atoms with van der Waals surface area (Å²) in [5.41, 5.74) is 0.487. The van der Waals surface area contributed by atoms with Crippen LogP contribution in [0.15, 0.2) is 30.5 Å². The molecule has 3 rings (SSSR count). The van der Waals surface area contributed by atoms with Crippen LogP contribution in [0.2, 0.25) is 0 Å². The Morgan fingerprint density at radius 1 is 1.39 bits per heavy atom. The van der Waals surface area contributed by atoms with E-state index in [1.54, 1.807) is 0 Å². The lowest BCUT2D eigenvalue weighted by molar-refractivity contribution is 0.0708. The number of nitrogens with one attached hydrogen (secondary N) is 1. The molecule has 0 unspecified atom stereocenters. The summed E-state index contributed by atoms with van der Waals surface area (Å²) in [5, 5.41) is 18.7. The van der Waals surface area contributed by atoms with E-state index < -0.39 is 29.7 Å². The molecule has 5 nitrogen and oxygen atoms in total. The summed E-state index contributed by atoms with van der Waals surface area (Å²) < 4.78 is 27.4. The normalized spacial score (nSPS) is 20.5. The maximum absolute atomic E-state index is 14.0. The van der Waals surface area contributed by atoms with E-state index in [1.807, 2.05) is 6.07 Å². The van der Waals surface area contributed by atoms with Crippen molar-refractivity contribution in [3.8, 4) is 6.07 Å². The van der Waals surface area contributed by atoms with E-state index in [4.69, 9.17) is 5.26 Å². The fraction of sp³-hybridized carbons (Fsp3) is 0.250. The van der Waals surface area contributed by atoms with Crippen LogP contribution in [0.5, 0.6) is 0 Å². The zero-order valence-electron chi connectivity index (χ0n) is 12.0. The second-order valence-corrected chi connectivity index (χ2v) is 5.44. The standard InChI is InChI=1S/C16H13F2N3O2/c17-10-1-2-13(18)12(4-10)15-5-11(22)8-21(15)16(23)14-3-9(6-19)7-20-14/h1-4,7,11,15,20,22H,5,8H2/t11-,15+/m1/s1. The predicted molar refractivity (Wildman–Crippen MR) is 76.3 cm³/mol. The zero-order valence-corrected chi connectivity index (χ0v) is 12.0. The van der Waals surface area contributed by atoms with E-state index in [-0.39, 0.29) is 24.2 Å². The lowest BCUT2D eigenvalue weighted by Crippen LogP contribution is -2.32. The van der Waals surface area contributed by atoms with Gasteiger partial charge in [0.25, 0.3) is 5.91 Å². The van der Waals surface area contributed by atoms with Gasteiger partial charge in [-0.3, -0.25) is 4.79 Å². The molecule has 2 atom stereocenters. The number of benzene rings is 1. The molecule has 0 spiro atoms. The molecule has 1 aliphatic rings. The largest absolute Gasteiger partial charge is 0.391 e. The second kappa shape index (κ2) is 5.82. The number of β-amino-alcohol motifs (C(OH)–C–C–N with tert-alkyl or cyclic N) is 1. The molecule has 1 fully saturated rings. The van der Waals surface area contributed by atoms with Crippen LogP contribution in [-0.4, -0.2) is 33.5 Å². The monoisotopic (exact) mass is 317 g/mol. The first-order chi connectivity index (χ1) is 11.0. The van der Waals surface area contributed by atoms with Crippen molar-refractivity contribution in [2.24, 2.45) is 0 Å². The Kier molecular flexibility index (Phi) is 3.84. The maximum atomic E-state index is 14.0. The van der Waals surface area contributed by atoms with Gasteiger partial charge in [-0.15, -0.1) is 0 Å². The quantitative estimate of drug-likeness (QED) is 0.890. The number of aliphatic hydroxyl groups is 1. The summed E-state index contributed by atoms with van der Waals surface area (Å²) in [5.74, 6) is -1.72. The second-order valence-electron chi connectivity index (χ2n) is 5.44. The van der Waals surface area contributed by atoms with Gasteiger partial charge in [-0.25, -0.2) is 8.78 Å². The van der Waals surface area contributed by atoms with E-state index in [0.29, 0.717) is 5.56 Å². The molecule has 7 heteroatoms.